The lowest BCUT2D eigenvalue weighted by atomic mass is 10.0. The van der Waals surface area contributed by atoms with Crippen molar-refractivity contribution in [2.75, 3.05) is 31.1 Å². The summed E-state index contributed by atoms with van der Waals surface area (Å²) in [7, 11) is -3.57. The maximum absolute atomic E-state index is 12.8. The van der Waals surface area contributed by atoms with Gasteiger partial charge >= 0.3 is 0 Å². The molecule has 140 valence electrons. The zero-order chi connectivity index (χ0) is 19.6. The van der Waals surface area contributed by atoms with Crippen molar-refractivity contribution in [1.82, 2.24) is 4.31 Å². The molecule has 0 spiro atoms. The predicted octanol–water partition coefficient (Wildman–Crippen LogP) is 3.03. The summed E-state index contributed by atoms with van der Waals surface area (Å²) in [6, 6.07) is 13.7. The van der Waals surface area contributed by atoms with E-state index in [1.165, 1.54) is 11.2 Å². The fraction of sp³-hybridized carbons (Fsp3) is 0.263. The van der Waals surface area contributed by atoms with Crippen LogP contribution < -0.4 is 4.90 Å². The zero-order valence-corrected chi connectivity index (χ0v) is 17.1. The molecule has 0 N–H and O–H groups in total. The molecule has 0 aromatic heterocycles. The second-order valence-electron chi connectivity index (χ2n) is 6.25. The third-order valence-electron chi connectivity index (χ3n) is 4.52. The van der Waals surface area contributed by atoms with Crippen molar-refractivity contribution in [2.24, 2.45) is 0 Å². The first-order valence-corrected chi connectivity index (χ1v) is 10.6. The number of hydrogen-bond acceptors (Lipinski definition) is 5. The van der Waals surface area contributed by atoms with Crippen molar-refractivity contribution in [3.63, 3.8) is 0 Å². The van der Waals surface area contributed by atoms with Crippen LogP contribution in [0, 0.1) is 11.3 Å². The third-order valence-corrected chi connectivity index (χ3v) is 6.91. The molecule has 0 unspecified atom stereocenters. The van der Waals surface area contributed by atoms with Crippen LogP contribution in [0.15, 0.2) is 51.8 Å². The highest BCUT2D eigenvalue weighted by atomic mass is 79.9. The zero-order valence-electron chi connectivity index (χ0n) is 14.7. The highest BCUT2D eigenvalue weighted by Gasteiger charge is 2.29. The van der Waals surface area contributed by atoms with E-state index < -0.39 is 10.0 Å². The van der Waals surface area contributed by atoms with Gasteiger partial charge in [-0.3, -0.25) is 4.79 Å². The molecule has 0 aliphatic carbocycles. The number of Topliss-reactive ketones (excluding diaryl/α,β-unsaturated/α-hetero) is 1. The smallest absolute Gasteiger partial charge is 0.243 e. The van der Waals surface area contributed by atoms with Crippen LogP contribution in [0.1, 0.15) is 22.8 Å². The Labute approximate surface area is 167 Å². The van der Waals surface area contributed by atoms with Crippen molar-refractivity contribution in [2.45, 2.75) is 11.8 Å². The molecule has 1 fully saturated rings. The maximum Gasteiger partial charge on any atom is 0.243 e. The number of carbonyl (C=O) groups is 1. The molecule has 2 aromatic rings. The number of piperazine rings is 1. The maximum atomic E-state index is 12.8. The summed E-state index contributed by atoms with van der Waals surface area (Å²) < 4.78 is 27.9. The summed E-state index contributed by atoms with van der Waals surface area (Å²) >= 11 is 3.30. The molecule has 3 rings (SSSR count). The Morgan fingerprint density at radius 2 is 1.81 bits per heavy atom. The standard InChI is InChI=1S/C19H18BrN3O3S/c1-14(24)18-6-5-15(13-21)11-19(18)22-7-9-23(10-8-22)27(25,26)17-4-2-3-16(20)12-17/h2-6,11-12H,7-10H2,1H3. The Balaban J connectivity index is 1.82. The fourth-order valence-corrected chi connectivity index (χ4v) is 5.13. The fourth-order valence-electron chi connectivity index (χ4n) is 3.11. The molecule has 1 heterocycles. The molecular weight excluding hydrogens is 430 g/mol. The van der Waals surface area contributed by atoms with E-state index in [1.54, 1.807) is 42.5 Å². The van der Waals surface area contributed by atoms with Gasteiger partial charge in [0.25, 0.3) is 0 Å². The average molecular weight is 448 g/mol. The summed E-state index contributed by atoms with van der Waals surface area (Å²) in [5.41, 5.74) is 1.69. The number of nitrogens with zero attached hydrogens (tertiary/aromatic N) is 3. The number of anilines is 1. The molecule has 0 atom stereocenters. The first kappa shape index (κ1) is 19.5. The minimum Gasteiger partial charge on any atom is -0.368 e. The monoisotopic (exact) mass is 447 g/mol. The summed E-state index contributed by atoms with van der Waals surface area (Å²) in [6.45, 7) is 3.00. The third kappa shape index (κ3) is 4.05. The Morgan fingerprint density at radius 1 is 1.11 bits per heavy atom. The Bertz CT molecular complexity index is 1020. The molecule has 8 heteroatoms. The normalized spacial score (nSPS) is 15.4. The first-order valence-electron chi connectivity index (χ1n) is 8.38. The first-order chi connectivity index (χ1) is 12.8. The molecule has 27 heavy (non-hydrogen) atoms. The number of carbonyl (C=O) groups excluding carboxylic acids is 1. The van der Waals surface area contributed by atoms with Gasteiger partial charge in [0, 0.05) is 41.9 Å². The van der Waals surface area contributed by atoms with Crippen LogP contribution in [-0.2, 0) is 10.0 Å². The summed E-state index contributed by atoms with van der Waals surface area (Å²) in [4.78, 5) is 14.1. The SMILES string of the molecule is CC(=O)c1ccc(C#N)cc1N1CCN(S(=O)(=O)c2cccc(Br)c2)CC1. The van der Waals surface area contributed by atoms with Gasteiger partial charge < -0.3 is 4.90 Å². The minimum absolute atomic E-state index is 0.0846. The van der Waals surface area contributed by atoms with Crippen LogP contribution in [0.2, 0.25) is 0 Å². The second kappa shape index (κ2) is 7.80. The van der Waals surface area contributed by atoms with Crippen LogP contribution in [0.5, 0.6) is 0 Å². The van der Waals surface area contributed by atoms with E-state index in [0.29, 0.717) is 47.5 Å². The molecule has 1 saturated heterocycles. The van der Waals surface area contributed by atoms with E-state index >= 15 is 0 Å². The van der Waals surface area contributed by atoms with Crippen molar-refractivity contribution < 1.29 is 13.2 Å². The van der Waals surface area contributed by atoms with Gasteiger partial charge in [0.2, 0.25) is 10.0 Å². The van der Waals surface area contributed by atoms with Gasteiger partial charge in [0.05, 0.1) is 16.5 Å². The average Bonchev–Trinajstić information content (AvgIpc) is 2.67. The molecule has 0 amide bonds. The van der Waals surface area contributed by atoms with Gasteiger partial charge in [-0.2, -0.15) is 9.57 Å². The lowest BCUT2D eigenvalue weighted by molar-refractivity contribution is 0.101. The van der Waals surface area contributed by atoms with E-state index in [2.05, 4.69) is 22.0 Å². The van der Waals surface area contributed by atoms with Crippen molar-refractivity contribution in [3.8, 4) is 6.07 Å². The Kier molecular flexibility index (Phi) is 5.65. The quantitative estimate of drug-likeness (QED) is 0.672. The number of rotatable bonds is 4. The Hall–Kier alpha value is -2.21. The molecule has 6 nitrogen and oxygen atoms in total. The van der Waals surface area contributed by atoms with Crippen LogP contribution in [0.3, 0.4) is 0 Å². The van der Waals surface area contributed by atoms with E-state index in [0.717, 1.165) is 0 Å². The topological polar surface area (TPSA) is 81.5 Å². The van der Waals surface area contributed by atoms with E-state index in [1.807, 2.05) is 4.90 Å². The lowest BCUT2D eigenvalue weighted by Crippen LogP contribution is -2.49. The summed E-state index contributed by atoms with van der Waals surface area (Å²) in [6.07, 6.45) is 0. The van der Waals surface area contributed by atoms with Gasteiger partial charge in [0.1, 0.15) is 0 Å². The number of benzene rings is 2. The van der Waals surface area contributed by atoms with Gasteiger partial charge in [-0.1, -0.05) is 22.0 Å². The van der Waals surface area contributed by atoms with Gasteiger partial charge in [0.15, 0.2) is 5.78 Å². The van der Waals surface area contributed by atoms with Crippen LogP contribution >= 0.6 is 15.9 Å². The van der Waals surface area contributed by atoms with Gasteiger partial charge in [-0.05, 0) is 43.3 Å². The van der Waals surface area contributed by atoms with Crippen LogP contribution in [0.25, 0.3) is 0 Å². The molecule has 2 aromatic carbocycles. The minimum atomic E-state index is -3.57. The van der Waals surface area contributed by atoms with Crippen LogP contribution in [-0.4, -0.2) is 44.7 Å². The summed E-state index contributed by atoms with van der Waals surface area (Å²) in [5, 5.41) is 9.14. The summed E-state index contributed by atoms with van der Waals surface area (Å²) in [5.74, 6) is -0.0846. The number of ketones is 1. The van der Waals surface area contributed by atoms with Gasteiger partial charge in [-0.15, -0.1) is 0 Å². The molecular formula is C19H18BrN3O3S. The van der Waals surface area contributed by atoms with Crippen molar-refractivity contribution in [1.29, 1.82) is 5.26 Å². The largest absolute Gasteiger partial charge is 0.368 e. The molecule has 0 saturated carbocycles. The molecule has 1 aliphatic heterocycles. The van der Waals surface area contributed by atoms with Crippen molar-refractivity contribution in [3.05, 3.63) is 58.1 Å². The number of sulfonamides is 1. The highest BCUT2D eigenvalue weighted by Crippen LogP contribution is 2.26. The number of halogens is 1. The van der Waals surface area contributed by atoms with E-state index in [-0.39, 0.29) is 10.7 Å². The van der Waals surface area contributed by atoms with Crippen LogP contribution in [0.4, 0.5) is 5.69 Å². The Morgan fingerprint density at radius 3 is 2.41 bits per heavy atom. The van der Waals surface area contributed by atoms with E-state index in [4.69, 9.17) is 5.26 Å². The highest BCUT2D eigenvalue weighted by molar-refractivity contribution is 9.10. The lowest BCUT2D eigenvalue weighted by Gasteiger charge is -2.36. The predicted molar refractivity (Wildman–Crippen MR) is 106 cm³/mol. The molecule has 1 aliphatic rings. The second-order valence-corrected chi connectivity index (χ2v) is 9.10. The van der Waals surface area contributed by atoms with Gasteiger partial charge in [-0.25, -0.2) is 8.42 Å². The number of hydrogen-bond donors (Lipinski definition) is 0. The number of nitriles is 1. The van der Waals surface area contributed by atoms with E-state index in [9.17, 15) is 13.2 Å². The van der Waals surface area contributed by atoms with Crippen molar-refractivity contribution >= 4 is 37.4 Å². The molecule has 0 radical (unpaired) electrons. The molecule has 0 bridgehead atoms.